The van der Waals surface area contributed by atoms with Crippen LogP contribution in [-0.2, 0) is 4.79 Å². The number of hydrogen-bond donors (Lipinski definition) is 1. The zero-order valence-electron chi connectivity index (χ0n) is 14.1. The zero-order valence-corrected chi connectivity index (χ0v) is 14.9. The maximum absolute atomic E-state index is 12.6. The van der Waals surface area contributed by atoms with E-state index in [1.54, 1.807) is 25.1 Å². The van der Waals surface area contributed by atoms with E-state index < -0.39 is 0 Å². The first-order valence-corrected chi connectivity index (χ1v) is 8.92. The molecule has 3 rings (SSSR count). The highest BCUT2D eigenvalue weighted by atomic mass is 32.2. The minimum absolute atomic E-state index is 0.0268. The molecule has 0 unspecified atom stereocenters. The Hall–Kier alpha value is -2.08. The van der Waals surface area contributed by atoms with Gasteiger partial charge >= 0.3 is 0 Å². The van der Waals surface area contributed by atoms with Crippen molar-refractivity contribution in [1.82, 2.24) is 15.2 Å². The van der Waals surface area contributed by atoms with Gasteiger partial charge < -0.3 is 10.2 Å². The molecule has 24 heavy (non-hydrogen) atoms. The molecule has 1 aliphatic carbocycles. The standard InChI is InChI=1S/C18H21N3O2S/c1-11(18(23)21(2)3)24-16-10-14(17(22)19-12-8-9-12)13-6-4-5-7-15(13)20-16/h4-7,10-12H,8-9H2,1-3H3,(H,19,22)/t11-/m0/s1. The third-order valence-corrected chi connectivity index (χ3v) is 4.94. The first-order chi connectivity index (χ1) is 11.5. The number of nitrogens with zero attached hydrogens (tertiary/aromatic N) is 2. The monoisotopic (exact) mass is 343 g/mol. The number of nitrogens with one attached hydrogen (secondary N) is 1. The smallest absolute Gasteiger partial charge is 0.252 e. The van der Waals surface area contributed by atoms with Crippen molar-refractivity contribution in [2.45, 2.75) is 36.1 Å². The topological polar surface area (TPSA) is 62.3 Å². The van der Waals surface area contributed by atoms with Gasteiger partial charge in [0.2, 0.25) is 5.91 Å². The van der Waals surface area contributed by atoms with E-state index in [-0.39, 0.29) is 17.1 Å². The number of benzene rings is 1. The van der Waals surface area contributed by atoms with Crippen LogP contribution < -0.4 is 5.32 Å². The molecule has 6 heteroatoms. The molecule has 1 fully saturated rings. The molecule has 1 saturated carbocycles. The van der Waals surface area contributed by atoms with Crippen LogP contribution >= 0.6 is 11.8 Å². The summed E-state index contributed by atoms with van der Waals surface area (Å²) < 4.78 is 0. The molecule has 0 saturated heterocycles. The van der Waals surface area contributed by atoms with Crippen molar-refractivity contribution < 1.29 is 9.59 Å². The minimum atomic E-state index is -0.256. The van der Waals surface area contributed by atoms with E-state index in [9.17, 15) is 9.59 Å². The first-order valence-electron chi connectivity index (χ1n) is 8.04. The maximum Gasteiger partial charge on any atom is 0.252 e. The van der Waals surface area contributed by atoms with Crippen LogP contribution in [0.2, 0.25) is 0 Å². The van der Waals surface area contributed by atoms with E-state index in [2.05, 4.69) is 10.3 Å². The minimum Gasteiger partial charge on any atom is -0.349 e. The van der Waals surface area contributed by atoms with Crippen LogP contribution in [-0.4, -0.2) is 47.1 Å². The molecular formula is C18H21N3O2S. The lowest BCUT2D eigenvalue weighted by atomic mass is 10.1. The number of pyridine rings is 1. The van der Waals surface area contributed by atoms with Crippen LogP contribution in [0.15, 0.2) is 35.4 Å². The Labute approximate surface area is 145 Å². The summed E-state index contributed by atoms with van der Waals surface area (Å²) in [5, 5.41) is 4.31. The van der Waals surface area contributed by atoms with Gasteiger partial charge in [-0.2, -0.15) is 0 Å². The van der Waals surface area contributed by atoms with Gasteiger partial charge in [-0.25, -0.2) is 4.98 Å². The highest BCUT2D eigenvalue weighted by molar-refractivity contribution is 8.00. The summed E-state index contributed by atoms with van der Waals surface area (Å²) in [6.45, 7) is 1.85. The number of aromatic nitrogens is 1. The van der Waals surface area contributed by atoms with Crippen molar-refractivity contribution in [2.75, 3.05) is 14.1 Å². The van der Waals surface area contributed by atoms with Gasteiger partial charge in [-0.3, -0.25) is 9.59 Å². The van der Waals surface area contributed by atoms with E-state index >= 15 is 0 Å². The summed E-state index contributed by atoms with van der Waals surface area (Å²) in [5.74, 6) is -0.0384. The Morgan fingerprint density at radius 3 is 2.67 bits per heavy atom. The number of rotatable bonds is 5. The van der Waals surface area contributed by atoms with Gasteiger partial charge in [0.25, 0.3) is 5.91 Å². The van der Waals surface area contributed by atoms with Crippen molar-refractivity contribution in [2.24, 2.45) is 0 Å². The molecule has 1 N–H and O–H groups in total. The van der Waals surface area contributed by atoms with Gasteiger partial charge in [0, 0.05) is 25.5 Å². The molecule has 1 heterocycles. The highest BCUT2D eigenvalue weighted by Gasteiger charge is 2.25. The molecule has 1 aromatic heterocycles. The van der Waals surface area contributed by atoms with Gasteiger partial charge in [0.1, 0.15) is 0 Å². The zero-order chi connectivity index (χ0) is 17.3. The molecule has 126 valence electrons. The van der Waals surface area contributed by atoms with E-state index in [0.29, 0.717) is 16.6 Å². The van der Waals surface area contributed by atoms with Crippen LogP contribution in [0.4, 0.5) is 0 Å². The largest absolute Gasteiger partial charge is 0.349 e. The van der Waals surface area contributed by atoms with Crippen molar-refractivity contribution in [3.63, 3.8) is 0 Å². The predicted octanol–water partition coefficient (Wildman–Crippen LogP) is 2.70. The van der Waals surface area contributed by atoms with E-state index in [4.69, 9.17) is 0 Å². The number of hydrogen-bond acceptors (Lipinski definition) is 4. The Morgan fingerprint density at radius 1 is 1.29 bits per heavy atom. The second-order valence-electron chi connectivity index (χ2n) is 6.27. The first kappa shape index (κ1) is 16.8. The molecule has 5 nitrogen and oxygen atoms in total. The second-order valence-corrected chi connectivity index (χ2v) is 7.63. The molecule has 0 bridgehead atoms. The normalized spacial score (nSPS) is 15.1. The van der Waals surface area contributed by atoms with Crippen LogP contribution in [0.25, 0.3) is 10.9 Å². The molecule has 1 aromatic carbocycles. The second kappa shape index (κ2) is 6.81. The van der Waals surface area contributed by atoms with Crippen LogP contribution in [0, 0.1) is 0 Å². The number of carbonyl (C=O) groups is 2. The fourth-order valence-electron chi connectivity index (χ4n) is 2.49. The van der Waals surface area contributed by atoms with E-state index in [1.807, 2.05) is 31.2 Å². The van der Waals surface area contributed by atoms with Gasteiger partial charge in [-0.1, -0.05) is 30.0 Å². The average molecular weight is 343 g/mol. The molecule has 0 aliphatic heterocycles. The summed E-state index contributed by atoms with van der Waals surface area (Å²) in [6.07, 6.45) is 2.09. The van der Waals surface area contributed by atoms with Crippen molar-refractivity contribution in [3.05, 3.63) is 35.9 Å². The third-order valence-electron chi connectivity index (χ3n) is 3.94. The number of carbonyl (C=O) groups excluding carboxylic acids is 2. The Morgan fingerprint density at radius 2 is 2.00 bits per heavy atom. The Balaban J connectivity index is 1.93. The Bertz CT molecular complexity index is 787. The summed E-state index contributed by atoms with van der Waals surface area (Å²) >= 11 is 1.38. The van der Waals surface area contributed by atoms with Gasteiger partial charge in [-0.15, -0.1) is 0 Å². The van der Waals surface area contributed by atoms with Gasteiger partial charge in [0.15, 0.2) is 0 Å². The quantitative estimate of drug-likeness (QED) is 0.848. The number of para-hydroxylation sites is 1. The molecule has 1 aliphatic rings. The lowest BCUT2D eigenvalue weighted by Gasteiger charge is -2.16. The highest BCUT2D eigenvalue weighted by Crippen LogP contribution is 2.28. The lowest BCUT2D eigenvalue weighted by Crippen LogP contribution is -2.29. The lowest BCUT2D eigenvalue weighted by molar-refractivity contribution is -0.127. The SMILES string of the molecule is C[C@H](Sc1cc(C(=O)NC2CC2)c2ccccc2n1)C(=O)N(C)C. The summed E-state index contributed by atoms with van der Waals surface area (Å²) in [6, 6.07) is 9.71. The van der Waals surface area contributed by atoms with Gasteiger partial charge in [0.05, 0.1) is 21.4 Å². The third kappa shape index (κ3) is 3.70. The van der Waals surface area contributed by atoms with Crippen molar-refractivity contribution in [3.8, 4) is 0 Å². The number of amides is 2. The van der Waals surface area contributed by atoms with Crippen molar-refractivity contribution in [1.29, 1.82) is 0 Å². The molecule has 2 aromatic rings. The summed E-state index contributed by atoms with van der Waals surface area (Å²) in [4.78, 5) is 30.8. The predicted molar refractivity (Wildman–Crippen MR) is 96.2 cm³/mol. The maximum atomic E-state index is 12.6. The Kier molecular flexibility index (Phi) is 4.76. The van der Waals surface area contributed by atoms with E-state index in [0.717, 1.165) is 23.7 Å². The molecular weight excluding hydrogens is 322 g/mol. The molecule has 1 atom stereocenters. The average Bonchev–Trinajstić information content (AvgIpc) is 3.37. The van der Waals surface area contributed by atoms with Crippen molar-refractivity contribution >= 4 is 34.5 Å². The number of thioether (sulfide) groups is 1. The molecule has 0 radical (unpaired) electrons. The molecule has 2 amide bonds. The van der Waals surface area contributed by atoms with E-state index in [1.165, 1.54) is 11.8 Å². The fourth-order valence-corrected chi connectivity index (χ4v) is 3.50. The summed E-state index contributed by atoms with van der Waals surface area (Å²) in [7, 11) is 3.48. The van der Waals surface area contributed by atoms with Crippen LogP contribution in [0.5, 0.6) is 0 Å². The summed E-state index contributed by atoms with van der Waals surface area (Å²) in [5.41, 5.74) is 1.40. The number of fused-ring (bicyclic) bond motifs is 1. The van der Waals surface area contributed by atoms with Crippen LogP contribution in [0.3, 0.4) is 0 Å². The van der Waals surface area contributed by atoms with Gasteiger partial charge in [-0.05, 0) is 31.9 Å². The molecule has 0 spiro atoms. The van der Waals surface area contributed by atoms with Crippen LogP contribution in [0.1, 0.15) is 30.1 Å². The fraction of sp³-hybridized carbons (Fsp3) is 0.389.